The molecule has 2 rings (SSSR count). The molecule has 1 saturated carbocycles. The number of furan rings is 1. The maximum absolute atomic E-state index is 12.3. The Labute approximate surface area is 130 Å². The number of sulfonamides is 1. The summed E-state index contributed by atoms with van der Waals surface area (Å²) in [4.78, 5) is 12.1. The minimum absolute atomic E-state index is 0.0595. The van der Waals surface area contributed by atoms with Crippen LogP contribution in [0.2, 0.25) is 0 Å². The molecule has 0 radical (unpaired) electrons. The van der Waals surface area contributed by atoms with Crippen LogP contribution in [0.1, 0.15) is 48.4 Å². The first-order valence-corrected chi connectivity index (χ1v) is 9.01. The highest BCUT2D eigenvalue weighted by Gasteiger charge is 2.27. The van der Waals surface area contributed by atoms with Gasteiger partial charge in [0.05, 0.1) is 0 Å². The molecule has 0 aromatic carbocycles. The van der Waals surface area contributed by atoms with Gasteiger partial charge < -0.3 is 15.5 Å². The Balaban J connectivity index is 2.11. The topological polar surface area (TPSA) is 128 Å². The molecule has 1 aliphatic carbocycles. The molecule has 1 aromatic rings. The normalized spacial score (nSPS) is 18.1. The molecule has 0 spiro atoms. The average Bonchev–Trinajstić information content (AvgIpc) is 2.87. The van der Waals surface area contributed by atoms with E-state index in [-0.39, 0.29) is 22.5 Å². The van der Waals surface area contributed by atoms with Crippen LogP contribution in [0.3, 0.4) is 0 Å². The summed E-state index contributed by atoms with van der Waals surface area (Å²) in [5, 5.41) is 7.93. The lowest BCUT2D eigenvalue weighted by atomic mass is 9.84. The molecular formula is C14H23N3O4S. The van der Waals surface area contributed by atoms with Gasteiger partial charge in [0.2, 0.25) is 10.0 Å². The van der Waals surface area contributed by atoms with Crippen molar-refractivity contribution >= 4 is 15.9 Å². The zero-order chi connectivity index (χ0) is 16.3. The Morgan fingerprint density at radius 3 is 2.55 bits per heavy atom. The Morgan fingerprint density at radius 2 is 2.05 bits per heavy atom. The first-order valence-electron chi connectivity index (χ1n) is 7.47. The smallest absolute Gasteiger partial charge is 0.287 e. The van der Waals surface area contributed by atoms with Gasteiger partial charge in [-0.25, -0.2) is 13.6 Å². The lowest BCUT2D eigenvalue weighted by Gasteiger charge is -2.29. The van der Waals surface area contributed by atoms with Gasteiger partial charge in [-0.2, -0.15) is 0 Å². The van der Waals surface area contributed by atoms with Crippen molar-refractivity contribution in [3.63, 3.8) is 0 Å². The van der Waals surface area contributed by atoms with E-state index in [1.165, 1.54) is 13.3 Å². The van der Waals surface area contributed by atoms with E-state index in [2.05, 4.69) is 5.32 Å². The fourth-order valence-corrected chi connectivity index (χ4v) is 3.72. The van der Waals surface area contributed by atoms with E-state index in [4.69, 9.17) is 15.3 Å². The SMILES string of the molecule is Cc1oc(C(=O)NC(CN)C2CCCCC2)cc1S(N)(=O)=O. The van der Waals surface area contributed by atoms with Gasteiger partial charge in [0, 0.05) is 18.7 Å². The molecule has 8 heteroatoms. The van der Waals surface area contributed by atoms with Crippen molar-refractivity contribution in [1.29, 1.82) is 0 Å². The minimum Gasteiger partial charge on any atom is -0.455 e. The Kier molecular flexibility index (Phi) is 5.25. The zero-order valence-corrected chi connectivity index (χ0v) is 13.5. The van der Waals surface area contributed by atoms with Crippen LogP contribution in [-0.4, -0.2) is 26.9 Å². The van der Waals surface area contributed by atoms with Gasteiger partial charge in [-0.15, -0.1) is 0 Å². The number of hydrogen-bond donors (Lipinski definition) is 3. The monoisotopic (exact) mass is 329 g/mol. The predicted molar refractivity (Wildman–Crippen MR) is 81.7 cm³/mol. The van der Waals surface area contributed by atoms with Crippen LogP contribution in [0.4, 0.5) is 0 Å². The third kappa shape index (κ3) is 3.88. The van der Waals surface area contributed by atoms with E-state index in [9.17, 15) is 13.2 Å². The molecule has 1 aromatic heterocycles. The number of primary sulfonamides is 1. The van der Waals surface area contributed by atoms with Gasteiger partial charge in [0.25, 0.3) is 5.91 Å². The van der Waals surface area contributed by atoms with E-state index in [1.807, 2.05) is 0 Å². The molecule has 0 aliphatic heterocycles. The number of carbonyl (C=O) groups excluding carboxylic acids is 1. The Bertz CT molecular complexity index is 633. The van der Waals surface area contributed by atoms with Gasteiger partial charge in [-0.3, -0.25) is 4.79 Å². The largest absolute Gasteiger partial charge is 0.455 e. The second-order valence-electron chi connectivity index (χ2n) is 5.79. The summed E-state index contributed by atoms with van der Waals surface area (Å²) >= 11 is 0. The van der Waals surface area contributed by atoms with Crippen molar-refractivity contribution in [3.8, 4) is 0 Å². The molecule has 0 bridgehead atoms. The molecule has 7 nitrogen and oxygen atoms in total. The number of carbonyl (C=O) groups is 1. The fraction of sp³-hybridized carbons (Fsp3) is 0.643. The summed E-state index contributed by atoms with van der Waals surface area (Å²) < 4.78 is 28.0. The van der Waals surface area contributed by atoms with Crippen LogP contribution in [0.5, 0.6) is 0 Å². The van der Waals surface area contributed by atoms with Crippen molar-refractivity contribution < 1.29 is 17.6 Å². The van der Waals surface area contributed by atoms with E-state index in [1.54, 1.807) is 0 Å². The lowest BCUT2D eigenvalue weighted by molar-refractivity contribution is 0.0886. The first kappa shape index (κ1) is 17.0. The Hall–Kier alpha value is -1.38. The fourth-order valence-electron chi connectivity index (χ4n) is 3.01. The van der Waals surface area contributed by atoms with Crippen molar-refractivity contribution in [2.45, 2.75) is 50.0 Å². The molecule has 1 amide bonds. The van der Waals surface area contributed by atoms with Crippen molar-refractivity contribution in [3.05, 3.63) is 17.6 Å². The van der Waals surface area contributed by atoms with Crippen LogP contribution < -0.4 is 16.2 Å². The average molecular weight is 329 g/mol. The van der Waals surface area contributed by atoms with Crippen LogP contribution in [-0.2, 0) is 10.0 Å². The number of hydrogen-bond acceptors (Lipinski definition) is 5. The summed E-state index contributed by atoms with van der Waals surface area (Å²) in [5.74, 6) is -0.0547. The van der Waals surface area contributed by atoms with Crippen LogP contribution in [0.15, 0.2) is 15.4 Å². The molecule has 5 N–H and O–H groups in total. The van der Waals surface area contributed by atoms with Gasteiger partial charge in [0.1, 0.15) is 10.7 Å². The first-order chi connectivity index (χ1) is 10.3. The highest BCUT2D eigenvalue weighted by atomic mass is 32.2. The highest BCUT2D eigenvalue weighted by Crippen LogP contribution is 2.26. The second kappa shape index (κ2) is 6.80. The quantitative estimate of drug-likeness (QED) is 0.738. The molecule has 1 heterocycles. The molecule has 0 saturated heterocycles. The third-order valence-electron chi connectivity index (χ3n) is 4.19. The van der Waals surface area contributed by atoms with Crippen molar-refractivity contribution in [2.24, 2.45) is 16.8 Å². The molecule has 1 atom stereocenters. The number of aryl methyl sites for hydroxylation is 1. The summed E-state index contributed by atoms with van der Waals surface area (Å²) in [6, 6.07) is 1.03. The van der Waals surface area contributed by atoms with Gasteiger partial charge in [-0.05, 0) is 25.7 Å². The number of amides is 1. The van der Waals surface area contributed by atoms with Gasteiger partial charge in [-0.1, -0.05) is 19.3 Å². The Morgan fingerprint density at radius 1 is 1.41 bits per heavy atom. The van der Waals surface area contributed by atoms with Crippen LogP contribution in [0, 0.1) is 12.8 Å². The summed E-state index contributed by atoms with van der Waals surface area (Å²) in [5.41, 5.74) is 5.77. The molecular weight excluding hydrogens is 306 g/mol. The standard InChI is InChI=1S/C14H23N3O4S/c1-9-13(22(16,19)20)7-12(21-9)14(18)17-11(8-15)10-5-3-2-4-6-10/h7,10-11H,2-6,8,15H2,1H3,(H,17,18)(H2,16,19,20). The number of rotatable bonds is 5. The molecule has 1 aliphatic rings. The zero-order valence-electron chi connectivity index (χ0n) is 12.7. The van der Waals surface area contributed by atoms with Gasteiger partial charge in [0.15, 0.2) is 5.76 Å². The number of nitrogens with two attached hydrogens (primary N) is 2. The predicted octanol–water partition coefficient (Wildman–Crippen LogP) is 0.873. The van der Waals surface area contributed by atoms with E-state index in [0.29, 0.717) is 12.5 Å². The minimum atomic E-state index is -3.90. The molecule has 124 valence electrons. The second-order valence-corrected chi connectivity index (χ2v) is 7.32. The maximum Gasteiger partial charge on any atom is 0.287 e. The van der Waals surface area contributed by atoms with E-state index >= 15 is 0 Å². The molecule has 22 heavy (non-hydrogen) atoms. The van der Waals surface area contributed by atoms with Crippen molar-refractivity contribution in [2.75, 3.05) is 6.54 Å². The lowest BCUT2D eigenvalue weighted by Crippen LogP contribution is -2.45. The van der Waals surface area contributed by atoms with Crippen molar-refractivity contribution in [1.82, 2.24) is 5.32 Å². The molecule has 1 fully saturated rings. The van der Waals surface area contributed by atoms with Gasteiger partial charge >= 0.3 is 0 Å². The molecule has 1 unspecified atom stereocenters. The third-order valence-corrected chi connectivity index (χ3v) is 5.21. The van der Waals surface area contributed by atoms with E-state index in [0.717, 1.165) is 31.7 Å². The van der Waals surface area contributed by atoms with Crippen LogP contribution >= 0.6 is 0 Å². The summed E-state index contributed by atoms with van der Waals surface area (Å²) in [6.45, 7) is 1.80. The summed E-state index contributed by atoms with van der Waals surface area (Å²) in [7, 11) is -3.90. The highest BCUT2D eigenvalue weighted by molar-refractivity contribution is 7.89. The van der Waals surface area contributed by atoms with E-state index < -0.39 is 15.9 Å². The maximum atomic E-state index is 12.3. The number of nitrogens with one attached hydrogen (secondary N) is 1. The summed E-state index contributed by atoms with van der Waals surface area (Å²) in [6.07, 6.45) is 5.60. The van der Waals surface area contributed by atoms with Crippen LogP contribution in [0.25, 0.3) is 0 Å².